The Bertz CT molecular complexity index is 591. The number of rotatable bonds is 3. The molecule has 0 radical (unpaired) electrons. The molecule has 0 saturated heterocycles. The molecule has 0 aliphatic rings. The van der Waals surface area contributed by atoms with Gasteiger partial charge in [0.2, 0.25) is 5.88 Å². The first-order chi connectivity index (χ1) is 9.08. The second-order valence-electron chi connectivity index (χ2n) is 4.02. The van der Waals surface area contributed by atoms with Gasteiger partial charge in [0.05, 0.1) is 12.7 Å². The molecule has 0 saturated carbocycles. The van der Waals surface area contributed by atoms with Gasteiger partial charge in [0, 0.05) is 11.8 Å². The van der Waals surface area contributed by atoms with Gasteiger partial charge in [0.25, 0.3) is 0 Å². The highest BCUT2D eigenvalue weighted by molar-refractivity contribution is 5.89. The molecule has 1 heterocycles. The summed E-state index contributed by atoms with van der Waals surface area (Å²) >= 11 is 0. The maximum absolute atomic E-state index is 11.4. The van der Waals surface area contributed by atoms with Crippen molar-refractivity contribution >= 4 is 5.97 Å². The third kappa shape index (κ3) is 3.28. The van der Waals surface area contributed by atoms with Gasteiger partial charge in [-0.05, 0) is 32.0 Å². The Hall–Kier alpha value is -2.43. The Morgan fingerprint density at radius 1 is 1.16 bits per heavy atom. The number of carbonyl (C=O) groups is 1. The zero-order valence-corrected chi connectivity index (χ0v) is 11.0. The lowest BCUT2D eigenvalue weighted by Crippen LogP contribution is -2.01. The van der Waals surface area contributed by atoms with Crippen molar-refractivity contribution in [3.05, 3.63) is 47.4 Å². The third-order valence-corrected chi connectivity index (χ3v) is 2.42. The smallest absolute Gasteiger partial charge is 0.337 e. The topological polar surface area (TPSA) is 61.3 Å². The molecule has 0 spiro atoms. The number of ether oxygens (including phenoxy) is 2. The standard InChI is InChI=1S/C14H14N2O3/c1-9-7-13(16-10(2)15-9)19-12-6-4-5-11(8-12)14(17)18-3/h4-8H,1-3H3. The SMILES string of the molecule is COC(=O)c1cccc(Oc2cc(C)nc(C)n2)c1. The Kier molecular flexibility index (Phi) is 3.75. The van der Waals surface area contributed by atoms with E-state index in [0.717, 1.165) is 5.69 Å². The first-order valence-electron chi connectivity index (χ1n) is 5.77. The van der Waals surface area contributed by atoms with Crippen LogP contribution in [0.3, 0.4) is 0 Å². The fourth-order valence-corrected chi connectivity index (χ4v) is 1.66. The highest BCUT2D eigenvalue weighted by Crippen LogP contribution is 2.21. The van der Waals surface area contributed by atoms with Crippen molar-refractivity contribution in [2.45, 2.75) is 13.8 Å². The summed E-state index contributed by atoms with van der Waals surface area (Å²) in [7, 11) is 1.34. The molecule has 0 bridgehead atoms. The lowest BCUT2D eigenvalue weighted by molar-refractivity contribution is 0.0600. The maximum Gasteiger partial charge on any atom is 0.337 e. The van der Waals surface area contributed by atoms with Crippen LogP contribution in [0, 0.1) is 13.8 Å². The van der Waals surface area contributed by atoms with Gasteiger partial charge in [-0.25, -0.2) is 9.78 Å². The molecule has 5 heteroatoms. The molecule has 0 fully saturated rings. The number of carbonyl (C=O) groups excluding carboxylic acids is 1. The molecule has 19 heavy (non-hydrogen) atoms. The highest BCUT2D eigenvalue weighted by atomic mass is 16.5. The van der Waals surface area contributed by atoms with E-state index >= 15 is 0 Å². The molecule has 0 aliphatic heterocycles. The second-order valence-corrected chi connectivity index (χ2v) is 4.02. The van der Waals surface area contributed by atoms with Gasteiger partial charge in [-0.2, -0.15) is 4.98 Å². The predicted molar refractivity (Wildman–Crippen MR) is 69.4 cm³/mol. The molecule has 0 aliphatic carbocycles. The number of methoxy groups -OCH3 is 1. The summed E-state index contributed by atoms with van der Waals surface area (Å²) in [5.74, 6) is 1.21. The van der Waals surface area contributed by atoms with Crippen LogP contribution in [0.4, 0.5) is 0 Å². The molecular formula is C14H14N2O3. The van der Waals surface area contributed by atoms with E-state index < -0.39 is 5.97 Å². The molecule has 98 valence electrons. The summed E-state index contributed by atoms with van der Waals surface area (Å²) in [5.41, 5.74) is 1.26. The number of hydrogen-bond donors (Lipinski definition) is 0. The minimum Gasteiger partial charge on any atom is -0.465 e. The summed E-state index contributed by atoms with van der Waals surface area (Å²) in [6.07, 6.45) is 0. The van der Waals surface area contributed by atoms with Crippen LogP contribution in [0.2, 0.25) is 0 Å². The van der Waals surface area contributed by atoms with E-state index in [1.807, 2.05) is 6.92 Å². The molecule has 0 unspecified atom stereocenters. The van der Waals surface area contributed by atoms with Crippen LogP contribution in [0.25, 0.3) is 0 Å². The van der Waals surface area contributed by atoms with Crippen LogP contribution in [0.1, 0.15) is 21.9 Å². The summed E-state index contributed by atoms with van der Waals surface area (Å²) in [6.45, 7) is 3.66. The van der Waals surface area contributed by atoms with Crippen molar-refractivity contribution in [3.8, 4) is 11.6 Å². The Morgan fingerprint density at radius 3 is 2.63 bits per heavy atom. The van der Waals surface area contributed by atoms with Crippen LogP contribution in [-0.4, -0.2) is 23.0 Å². The zero-order chi connectivity index (χ0) is 13.8. The van der Waals surface area contributed by atoms with Gasteiger partial charge in [0.1, 0.15) is 11.6 Å². The molecule has 2 rings (SSSR count). The number of nitrogens with zero attached hydrogens (tertiary/aromatic N) is 2. The molecule has 5 nitrogen and oxygen atoms in total. The monoisotopic (exact) mass is 258 g/mol. The summed E-state index contributed by atoms with van der Waals surface area (Å²) in [6, 6.07) is 8.48. The maximum atomic E-state index is 11.4. The van der Waals surface area contributed by atoms with E-state index in [2.05, 4.69) is 14.7 Å². The number of benzene rings is 1. The van der Waals surface area contributed by atoms with Crippen LogP contribution in [0.15, 0.2) is 30.3 Å². The quantitative estimate of drug-likeness (QED) is 0.792. The van der Waals surface area contributed by atoms with Crippen LogP contribution < -0.4 is 4.74 Å². The Labute approximate surface area is 111 Å². The van der Waals surface area contributed by atoms with Gasteiger partial charge in [-0.1, -0.05) is 6.07 Å². The van der Waals surface area contributed by atoms with Crippen molar-refractivity contribution in [2.24, 2.45) is 0 Å². The van der Waals surface area contributed by atoms with Crippen LogP contribution in [-0.2, 0) is 4.74 Å². The Balaban J connectivity index is 2.25. The lowest BCUT2D eigenvalue weighted by atomic mass is 10.2. The molecule has 0 amide bonds. The van der Waals surface area contributed by atoms with E-state index in [-0.39, 0.29) is 0 Å². The van der Waals surface area contributed by atoms with Crippen molar-refractivity contribution in [2.75, 3.05) is 7.11 Å². The van der Waals surface area contributed by atoms with Crippen molar-refractivity contribution in [1.82, 2.24) is 9.97 Å². The number of esters is 1. The van der Waals surface area contributed by atoms with E-state index in [4.69, 9.17) is 4.74 Å². The van der Waals surface area contributed by atoms with Crippen molar-refractivity contribution < 1.29 is 14.3 Å². The second kappa shape index (κ2) is 5.48. The normalized spacial score (nSPS) is 10.1. The molecule has 1 aromatic carbocycles. The number of hydrogen-bond acceptors (Lipinski definition) is 5. The predicted octanol–water partition coefficient (Wildman–Crippen LogP) is 2.67. The molecular weight excluding hydrogens is 244 g/mol. The molecule has 2 aromatic rings. The summed E-state index contributed by atoms with van der Waals surface area (Å²) < 4.78 is 10.3. The molecule has 0 atom stereocenters. The first-order valence-corrected chi connectivity index (χ1v) is 5.77. The minimum absolute atomic E-state index is 0.402. The summed E-state index contributed by atoms with van der Waals surface area (Å²) in [4.78, 5) is 19.8. The zero-order valence-electron chi connectivity index (χ0n) is 11.0. The minimum atomic E-state index is -0.402. The average Bonchev–Trinajstić information content (AvgIpc) is 2.37. The van der Waals surface area contributed by atoms with Gasteiger partial charge < -0.3 is 9.47 Å². The van der Waals surface area contributed by atoms with Crippen LogP contribution >= 0.6 is 0 Å². The molecule has 0 N–H and O–H groups in total. The van der Waals surface area contributed by atoms with E-state index in [1.165, 1.54) is 7.11 Å². The third-order valence-electron chi connectivity index (χ3n) is 2.42. The molecule has 1 aromatic heterocycles. The van der Waals surface area contributed by atoms with Gasteiger partial charge in [0.15, 0.2) is 0 Å². The fourth-order valence-electron chi connectivity index (χ4n) is 1.66. The number of aryl methyl sites for hydroxylation is 2. The Morgan fingerprint density at radius 2 is 1.95 bits per heavy atom. The first kappa shape index (κ1) is 13.0. The van der Waals surface area contributed by atoms with Crippen LogP contribution in [0.5, 0.6) is 11.6 Å². The number of aromatic nitrogens is 2. The van der Waals surface area contributed by atoms with E-state index in [1.54, 1.807) is 37.3 Å². The highest BCUT2D eigenvalue weighted by Gasteiger charge is 2.07. The van der Waals surface area contributed by atoms with Crippen molar-refractivity contribution in [1.29, 1.82) is 0 Å². The van der Waals surface area contributed by atoms with E-state index in [9.17, 15) is 4.79 Å². The lowest BCUT2D eigenvalue weighted by Gasteiger charge is -2.07. The summed E-state index contributed by atoms with van der Waals surface area (Å²) in [5, 5.41) is 0. The van der Waals surface area contributed by atoms with E-state index in [0.29, 0.717) is 23.0 Å². The van der Waals surface area contributed by atoms with Gasteiger partial charge in [-0.15, -0.1) is 0 Å². The largest absolute Gasteiger partial charge is 0.465 e. The fraction of sp³-hybridized carbons (Fsp3) is 0.214. The van der Waals surface area contributed by atoms with Crippen molar-refractivity contribution in [3.63, 3.8) is 0 Å². The van der Waals surface area contributed by atoms with Gasteiger partial charge in [-0.3, -0.25) is 0 Å². The van der Waals surface area contributed by atoms with Gasteiger partial charge >= 0.3 is 5.97 Å². The average molecular weight is 258 g/mol.